The molecule has 0 unspecified atom stereocenters. The van der Waals surface area contributed by atoms with Gasteiger partial charge in [0.1, 0.15) is 0 Å². The third kappa shape index (κ3) is 4.96. The topological polar surface area (TPSA) is 26.7 Å². The Morgan fingerprint density at radius 3 is 2.53 bits per heavy atom. The van der Waals surface area contributed by atoms with Gasteiger partial charge in [0.2, 0.25) is 0 Å². The van der Waals surface area contributed by atoms with Crippen molar-refractivity contribution in [2.75, 3.05) is 40.3 Å². The van der Waals surface area contributed by atoms with Crippen molar-refractivity contribution in [2.24, 2.45) is 5.92 Å². The predicted octanol–water partition coefficient (Wildman–Crippen LogP) is 1.03. The van der Waals surface area contributed by atoms with Gasteiger partial charge in [-0.2, -0.15) is 0 Å². The molecule has 0 aromatic carbocycles. The summed E-state index contributed by atoms with van der Waals surface area (Å²) in [4.78, 5) is 4.68. The Morgan fingerprint density at radius 2 is 2.00 bits per heavy atom. The van der Waals surface area contributed by atoms with E-state index in [1.165, 1.54) is 25.9 Å². The molecule has 0 aromatic rings. The summed E-state index contributed by atoms with van der Waals surface area (Å²) in [6.07, 6.45) is 3.32. The molecule has 0 bridgehead atoms. The molecule has 0 saturated carbocycles. The number of piperidine rings is 1. The molecule has 0 amide bonds. The zero-order valence-electron chi connectivity index (χ0n) is 10.4. The molecule has 1 N–H and O–H groups in total. The minimum atomic E-state index is -0.152. The van der Waals surface area contributed by atoms with Gasteiger partial charge in [-0.1, -0.05) is 6.92 Å². The van der Waals surface area contributed by atoms with Crippen molar-refractivity contribution in [3.8, 4) is 0 Å². The van der Waals surface area contributed by atoms with E-state index in [9.17, 15) is 5.11 Å². The van der Waals surface area contributed by atoms with E-state index in [2.05, 4.69) is 23.9 Å². The van der Waals surface area contributed by atoms with Crippen molar-refractivity contribution >= 4 is 0 Å². The summed E-state index contributed by atoms with van der Waals surface area (Å²) in [6.45, 7) is 6.46. The first-order chi connectivity index (χ1) is 7.11. The number of likely N-dealkylation sites (tertiary alicyclic amines) is 1. The summed E-state index contributed by atoms with van der Waals surface area (Å²) in [5.41, 5.74) is 0. The highest BCUT2D eigenvalue weighted by Crippen LogP contribution is 2.16. The quantitative estimate of drug-likeness (QED) is 0.740. The van der Waals surface area contributed by atoms with Gasteiger partial charge >= 0.3 is 0 Å². The molecule has 1 aliphatic heterocycles. The molecule has 1 fully saturated rings. The largest absolute Gasteiger partial charge is 0.392 e. The van der Waals surface area contributed by atoms with Crippen LogP contribution in [-0.4, -0.2) is 61.3 Å². The summed E-state index contributed by atoms with van der Waals surface area (Å²) in [5, 5.41) is 9.55. The van der Waals surface area contributed by atoms with Gasteiger partial charge in [0.15, 0.2) is 0 Å². The van der Waals surface area contributed by atoms with Crippen molar-refractivity contribution in [2.45, 2.75) is 32.3 Å². The fourth-order valence-electron chi connectivity index (χ4n) is 2.25. The average Bonchev–Trinajstić information content (AvgIpc) is 2.21. The van der Waals surface area contributed by atoms with Crippen molar-refractivity contribution < 1.29 is 5.11 Å². The van der Waals surface area contributed by atoms with E-state index in [4.69, 9.17) is 0 Å². The lowest BCUT2D eigenvalue weighted by molar-refractivity contribution is 0.103. The van der Waals surface area contributed by atoms with Crippen LogP contribution in [0.2, 0.25) is 0 Å². The van der Waals surface area contributed by atoms with Gasteiger partial charge < -0.3 is 14.9 Å². The highest BCUT2D eigenvalue weighted by atomic mass is 16.3. The second-order valence-electron chi connectivity index (χ2n) is 5.03. The van der Waals surface area contributed by atoms with Gasteiger partial charge in [0.05, 0.1) is 6.10 Å². The molecular weight excluding hydrogens is 188 g/mol. The first-order valence-electron chi connectivity index (χ1n) is 6.17. The molecule has 1 rings (SSSR count). The van der Waals surface area contributed by atoms with E-state index >= 15 is 0 Å². The molecule has 1 saturated heterocycles. The lowest BCUT2D eigenvalue weighted by Gasteiger charge is -2.32. The maximum absolute atomic E-state index is 9.55. The molecule has 15 heavy (non-hydrogen) atoms. The second kappa shape index (κ2) is 6.46. The molecule has 0 aromatic heterocycles. The van der Waals surface area contributed by atoms with Gasteiger partial charge in [0.25, 0.3) is 0 Å². The standard InChI is InChI=1S/C12H26N2O/c1-4-12(15)10-14(3)9-11-5-7-13(2)8-6-11/h11-12,15H,4-10H2,1-3H3/t12-/m1/s1. The van der Waals surface area contributed by atoms with E-state index in [1.807, 2.05) is 6.92 Å². The minimum absolute atomic E-state index is 0.152. The summed E-state index contributed by atoms with van der Waals surface area (Å²) >= 11 is 0. The molecule has 0 aliphatic carbocycles. The Morgan fingerprint density at radius 1 is 1.40 bits per heavy atom. The van der Waals surface area contributed by atoms with Crippen LogP contribution in [-0.2, 0) is 0 Å². The normalized spacial score (nSPS) is 22.2. The smallest absolute Gasteiger partial charge is 0.0664 e. The maximum Gasteiger partial charge on any atom is 0.0664 e. The van der Waals surface area contributed by atoms with Crippen molar-refractivity contribution in [3.05, 3.63) is 0 Å². The van der Waals surface area contributed by atoms with Crippen LogP contribution in [0.1, 0.15) is 26.2 Å². The number of hydrogen-bond donors (Lipinski definition) is 1. The zero-order chi connectivity index (χ0) is 11.3. The molecule has 0 radical (unpaired) electrons. The van der Waals surface area contributed by atoms with E-state index in [-0.39, 0.29) is 6.10 Å². The number of aliphatic hydroxyl groups excluding tert-OH is 1. The van der Waals surface area contributed by atoms with Gasteiger partial charge in [-0.3, -0.25) is 0 Å². The summed E-state index contributed by atoms with van der Waals surface area (Å²) < 4.78 is 0. The molecule has 3 nitrogen and oxygen atoms in total. The Kier molecular flexibility index (Phi) is 5.58. The SMILES string of the molecule is CC[C@@H](O)CN(C)CC1CCN(C)CC1. The van der Waals surface area contributed by atoms with Gasteiger partial charge in [-0.25, -0.2) is 0 Å². The van der Waals surface area contributed by atoms with Crippen LogP contribution in [0, 0.1) is 5.92 Å². The first-order valence-corrected chi connectivity index (χ1v) is 6.17. The highest BCUT2D eigenvalue weighted by molar-refractivity contribution is 4.73. The van der Waals surface area contributed by atoms with Gasteiger partial charge in [-0.15, -0.1) is 0 Å². The number of hydrogen-bond acceptors (Lipinski definition) is 3. The lowest BCUT2D eigenvalue weighted by Crippen LogP contribution is -2.38. The van der Waals surface area contributed by atoms with Crippen molar-refractivity contribution in [1.29, 1.82) is 0 Å². The van der Waals surface area contributed by atoms with Gasteiger partial charge in [0, 0.05) is 13.1 Å². The van der Waals surface area contributed by atoms with Crippen LogP contribution in [0.3, 0.4) is 0 Å². The van der Waals surface area contributed by atoms with Crippen molar-refractivity contribution in [3.63, 3.8) is 0 Å². The zero-order valence-corrected chi connectivity index (χ0v) is 10.4. The third-order valence-corrected chi connectivity index (χ3v) is 3.40. The number of aliphatic hydroxyl groups is 1. The van der Waals surface area contributed by atoms with Crippen LogP contribution in [0.4, 0.5) is 0 Å². The van der Waals surface area contributed by atoms with Crippen LogP contribution in [0.5, 0.6) is 0 Å². The minimum Gasteiger partial charge on any atom is -0.392 e. The van der Waals surface area contributed by atoms with Crippen LogP contribution >= 0.6 is 0 Å². The highest BCUT2D eigenvalue weighted by Gasteiger charge is 2.18. The molecule has 90 valence electrons. The summed E-state index contributed by atoms with van der Waals surface area (Å²) in [5.74, 6) is 0.829. The molecule has 1 heterocycles. The Balaban J connectivity index is 2.17. The van der Waals surface area contributed by atoms with Crippen LogP contribution in [0.15, 0.2) is 0 Å². The van der Waals surface area contributed by atoms with E-state index in [0.29, 0.717) is 0 Å². The number of rotatable bonds is 5. The fraction of sp³-hybridized carbons (Fsp3) is 1.00. The predicted molar refractivity (Wildman–Crippen MR) is 64.0 cm³/mol. The Labute approximate surface area is 94.1 Å². The average molecular weight is 214 g/mol. The van der Waals surface area contributed by atoms with E-state index in [0.717, 1.165) is 25.4 Å². The Hall–Kier alpha value is -0.120. The summed E-state index contributed by atoms with van der Waals surface area (Å²) in [6, 6.07) is 0. The Bertz CT molecular complexity index is 167. The number of likely N-dealkylation sites (N-methyl/N-ethyl adjacent to an activating group) is 1. The molecular formula is C12H26N2O. The molecule has 0 spiro atoms. The molecule has 1 aliphatic rings. The monoisotopic (exact) mass is 214 g/mol. The van der Waals surface area contributed by atoms with Crippen LogP contribution < -0.4 is 0 Å². The van der Waals surface area contributed by atoms with Crippen LogP contribution in [0.25, 0.3) is 0 Å². The third-order valence-electron chi connectivity index (χ3n) is 3.40. The van der Waals surface area contributed by atoms with Crippen molar-refractivity contribution in [1.82, 2.24) is 9.80 Å². The second-order valence-corrected chi connectivity index (χ2v) is 5.03. The first kappa shape index (κ1) is 12.9. The van der Waals surface area contributed by atoms with E-state index < -0.39 is 0 Å². The fourth-order valence-corrected chi connectivity index (χ4v) is 2.25. The molecule has 3 heteroatoms. The summed E-state index contributed by atoms with van der Waals surface area (Å²) in [7, 11) is 4.32. The number of nitrogens with zero attached hydrogens (tertiary/aromatic N) is 2. The van der Waals surface area contributed by atoms with E-state index in [1.54, 1.807) is 0 Å². The lowest BCUT2D eigenvalue weighted by atomic mass is 9.96. The van der Waals surface area contributed by atoms with Gasteiger partial charge in [-0.05, 0) is 52.4 Å². The maximum atomic E-state index is 9.55. The molecule has 1 atom stereocenters.